The number of aliphatic carboxylic acids is 1. The van der Waals surface area contributed by atoms with Crippen LogP contribution in [0.5, 0.6) is 0 Å². The first kappa shape index (κ1) is 9.68. The van der Waals surface area contributed by atoms with Crippen molar-refractivity contribution in [2.24, 2.45) is 11.5 Å². The van der Waals surface area contributed by atoms with Gasteiger partial charge in [-0.15, -0.1) is 11.6 Å². The quantitative estimate of drug-likeness (QED) is 0.485. The van der Waals surface area contributed by atoms with Gasteiger partial charge >= 0.3 is 5.97 Å². The summed E-state index contributed by atoms with van der Waals surface area (Å²) >= 11 is 5.54. The van der Waals surface area contributed by atoms with Crippen molar-refractivity contribution >= 4 is 17.6 Å². The molecule has 0 aromatic heterocycles. The summed E-state index contributed by atoms with van der Waals surface area (Å²) < 4.78 is 0. The SMILES string of the molecule is NCC(Cl)CC(N)C(=O)O. The summed E-state index contributed by atoms with van der Waals surface area (Å²) in [6.07, 6.45) is 0.216. The van der Waals surface area contributed by atoms with E-state index >= 15 is 0 Å². The fourth-order valence-corrected chi connectivity index (χ4v) is 0.665. The Bertz CT molecular complexity index is 120. The van der Waals surface area contributed by atoms with Crippen LogP contribution in [0.2, 0.25) is 0 Å². The lowest BCUT2D eigenvalue weighted by molar-refractivity contribution is -0.138. The summed E-state index contributed by atoms with van der Waals surface area (Å²) in [7, 11) is 0. The molecule has 4 nitrogen and oxygen atoms in total. The largest absolute Gasteiger partial charge is 0.480 e. The first-order valence-electron chi connectivity index (χ1n) is 2.90. The van der Waals surface area contributed by atoms with E-state index in [4.69, 9.17) is 28.2 Å². The van der Waals surface area contributed by atoms with Gasteiger partial charge in [0, 0.05) is 11.9 Å². The van der Waals surface area contributed by atoms with Crippen molar-refractivity contribution in [1.82, 2.24) is 0 Å². The highest BCUT2D eigenvalue weighted by atomic mass is 35.5. The number of alkyl halides is 1. The monoisotopic (exact) mass is 166 g/mol. The van der Waals surface area contributed by atoms with Crippen molar-refractivity contribution in [3.05, 3.63) is 0 Å². The zero-order chi connectivity index (χ0) is 8.15. The van der Waals surface area contributed by atoms with Crippen molar-refractivity contribution in [2.75, 3.05) is 6.54 Å². The summed E-state index contributed by atoms with van der Waals surface area (Å²) in [6, 6.07) is -0.897. The lowest BCUT2D eigenvalue weighted by Gasteiger charge is -2.08. The summed E-state index contributed by atoms with van der Waals surface area (Å²) in [5, 5.41) is 7.96. The number of carboxylic acid groups (broad SMARTS) is 1. The highest BCUT2D eigenvalue weighted by molar-refractivity contribution is 6.20. The van der Waals surface area contributed by atoms with E-state index in [0.29, 0.717) is 0 Å². The average molecular weight is 167 g/mol. The molecule has 0 aliphatic rings. The van der Waals surface area contributed by atoms with Gasteiger partial charge < -0.3 is 16.6 Å². The van der Waals surface area contributed by atoms with Gasteiger partial charge in [0.15, 0.2) is 0 Å². The van der Waals surface area contributed by atoms with Crippen molar-refractivity contribution in [3.8, 4) is 0 Å². The smallest absolute Gasteiger partial charge is 0.320 e. The second-order valence-corrected chi connectivity index (χ2v) is 2.63. The standard InChI is InChI=1S/C5H11ClN2O2/c6-3(2-7)1-4(8)5(9)10/h3-4H,1-2,7-8H2,(H,9,10). The van der Waals surface area contributed by atoms with Crippen LogP contribution in [0.15, 0.2) is 0 Å². The zero-order valence-corrected chi connectivity index (χ0v) is 6.21. The third kappa shape index (κ3) is 3.66. The molecule has 0 aliphatic carbocycles. The summed E-state index contributed by atoms with van der Waals surface area (Å²) in [5.74, 6) is -1.04. The number of rotatable bonds is 4. The Morgan fingerprint density at radius 1 is 1.70 bits per heavy atom. The summed E-state index contributed by atoms with van der Waals surface area (Å²) in [6.45, 7) is 0.253. The number of hydrogen-bond donors (Lipinski definition) is 3. The second-order valence-electron chi connectivity index (χ2n) is 2.01. The fraction of sp³-hybridized carbons (Fsp3) is 0.800. The lowest BCUT2D eigenvalue weighted by atomic mass is 10.2. The van der Waals surface area contributed by atoms with Crippen molar-refractivity contribution < 1.29 is 9.90 Å². The Labute approximate surface area is 64.1 Å². The van der Waals surface area contributed by atoms with Crippen molar-refractivity contribution in [3.63, 3.8) is 0 Å². The normalized spacial score (nSPS) is 16.3. The van der Waals surface area contributed by atoms with Crippen LogP contribution in [0.25, 0.3) is 0 Å². The molecule has 0 aliphatic heterocycles. The van der Waals surface area contributed by atoms with Gasteiger partial charge in [0.05, 0.1) is 0 Å². The van der Waals surface area contributed by atoms with Gasteiger partial charge in [0.1, 0.15) is 6.04 Å². The highest BCUT2D eigenvalue weighted by Crippen LogP contribution is 2.01. The molecule has 2 unspecified atom stereocenters. The molecule has 5 N–H and O–H groups in total. The summed E-state index contributed by atoms with van der Waals surface area (Å²) in [5.41, 5.74) is 10.3. The number of carbonyl (C=O) groups is 1. The maximum absolute atomic E-state index is 10.1. The summed E-state index contributed by atoms with van der Waals surface area (Å²) in [4.78, 5) is 10.1. The average Bonchev–Trinajstić information content (AvgIpc) is 1.87. The van der Waals surface area contributed by atoms with E-state index in [1.807, 2.05) is 0 Å². The molecule has 0 heterocycles. The predicted molar refractivity (Wildman–Crippen MR) is 38.9 cm³/mol. The van der Waals surface area contributed by atoms with E-state index in [9.17, 15) is 4.79 Å². The number of hydrogen-bond acceptors (Lipinski definition) is 3. The molecule has 0 radical (unpaired) electrons. The van der Waals surface area contributed by atoms with E-state index < -0.39 is 12.0 Å². The minimum Gasteiger partial charge on any atom is -0.480 e. The number of carboxylic acids is 1. The van der Waals surface area contributed by atoms with Crippen LogP contribution < -0.4 is 11.5 Å². The third-order valence-electron chi connectivity index (χ3n) is 1.08. The van der Waals surface area contributed by atoms with E-state index in [0.717, 1.165) is 0 Å². The van der Waals surface area contributed by atoms with Crippen LogP contribution in [-0.2, 0) is 4.79 Å². The van der Waals surface area contributed by atoms with Crippen LogP contribution >= 0.6 is 11.6 Å². The maximum Gasteiger partial charge on any atom is 0.320 e. The van der Waals surface area contributed by atoms with Gasteiger partial charge in [-0.2, -0.15) is 0 Å². The topological polar surface area (TPSA) is 89.3 Å². The minimum absolute atomic E-state index is 0.216. The molecule has 0 aromatic rings. The predicted octanol–water partition coefficient (Wildman–Crippen LogP) is -0.646. The molecule has 5 heteroatoms. The van der Waals surface area contributed by atoms with Crippen LogP contribution in [-0.4, -0.2) is 29.0 Å². The zero-order valence-electron chi connectivity index (χ0n) is 5.46. The van der Waals surface area contributed by atoms with E-state index in [-0.39, 0.29) is 18.3 Å². The van der Waals surface area contributed by atoms with E-state index in [1.54, 1.807) is 0 Å². The molecule has 0 amide bonds. The van der Waals surface area contributed by atoms with E-state index in [1.165, 1.54) is 0 Å². The third-order valence-corrected chi connectivity index (χ3v) is 1.44. The maximum atomic E-state index is 10.1. The molecule has 60 valence electrons. The van der Waals surface area contributed by atoms with Gasteiger partial charge in [-0.3, -0.25) is 4.79 Å². The Morgan fingerprint density at radius 3 is 2.50 bits per heavy atom. The highest BCUT2D eigenvalue weighted by Gasteiger charge is 2.15. The fourth-order valence-electron chi connectivity index (χ4n) is 0.473. The first-order chi connectivity index (χ1) is 4.57. The Kier molecular flexibility index (Phi) is 4.34. The number of nitrogens with two attached hydrogens (primary N) is 2. The van der Waals surface area contributed by atoms with Crippen LogP contribution in [0.1, 0.15) is 6.42 Å². The van der Waals surface area contributed by atoms with Crippen LogP contribution in [0, 0.1) is 0 Å². The molecule has 0 saturated heterocycles. The molecular formula is C5H11ClN2O2. The molecule has 0 fully saturated rings. The molecule has 2 atom stereocenters. The first-order valence-corrected chi connectivity index (χ1v) is 3.34. The molecule has 0 bridgehead atoms. The molecular weight excluding hydrogens is 156 g/mol. The molecule has 10 heavy (non-hydrogen) atoms. The van der Waals surface area contributed by atoms with Crippen molar-refractivity contribution in [2.45, 2.75) is 17.8 Å². The second kappa shape index (κ2) is 4.49. The van der Waals surface area contributed by atoms with Gasteiger partial charge in [-0.1, -0.05) is 0 Å². The number of halogens is 1. The van der Waals surface area contributed by atoms with Gasteiger partial charge in [-0.05, 0) is 6.42 Å². The van der Waals surface area contributed by atoms with Crippen LogP contribution in [0.3, 0.4) is 0 Å². The van der Waals surface area contributed by atoms with Crippen LogP contribution in [0.4, 0.5) is 0 Å². The lowest BCUT2D eigenvalue weighted by Crippen LogP contribution is -2.34. The molecule has 0 rings (SSSR count). The van der Waals surface area contributed by atoms with Crippen molar-refractivity contribution in [1.29, 1.82) is 0 Å². The Morgan fingerprint density at radius 2 is 2.20 bits per heavy atom. The Balaban J connectivity index is 3.56. The minimum atomic E-state index is -1.04. The molecule has 0 spiro atoms. The molecule has 0 saturated carbocycles. The van der Waals surface area contributed by atoms with Gasteiger partial charge in [0.2, 0.25) is 0 Å². The van der Waals surface area contributed by atoms with E-state index in [2.05, 4.69) is 0 Å². The van der Waals surface area contributed by atoms with Gasteiger partial charge in [-0.25, -0.2) is 0 Å². The Hall–Kier alpha value is -0.320. The molecule has 0 aromatic carbocycles. The van der Waals surface area contributed by atoms with Gasteiger partial charge in [0.25, 0.3) is 0 Å².